The Morgan fingerprint density at radius 3 is 2.44 bits per heavy atom. The molecule has 0 radical (unpaired) electrons. The lowest BCUT2D eigenvalue weighted by Gasteiger charge is -2.30. The fourth-order valence-corrected chi connectivity index (χ4v) is 2.35. The largest absolute Gasteiger partial charge is 0.348 e. The van der Waals surface area contributed by atoms with Crippen molar-refractivity contribution in [2.45, 2.75) is 33.7 Å². The SMILES string of the molecule is Cc1cc(Br)cc(C(=O)NC(CN)C(C)(C)C)c1. The Morgan fingerprint density at radius 1 is 1.39 bits per heavy atom. The number of carbonyl (C=O) groups is 1. The van der Waals surface area contributed by atoms with Gasteiger partial charge in [0.15, 0.2) is 0 Å². The van der Waals surface area contributed by atoms with Crippen LogP contribution in [0.2, 0.25) is 0 Å². The molecule has 1 unspecified atom stereocenters. The molecule has 0 heterocycles. The van der Waals surface area contributed by atoms with E-state index in [9.17, 15) is 4.79 Å². The molecule has 1 aromatic rings. The molecule has 3 N–H and O–H groups in total. The third-order valence-corrected chi connectivity index (χ3v) is 3.35. The van der Waals surface area contributed by atoms with E-state index in [2.05, 4.69) is 42.0 Å². The smallest absolute Gasteiger partial charge is 0.251 e. The van der Waals surface area contributed by atoms with Crippen molar-refractivity contribution in [1.29, 1.82) is 0 Å². The minimum Gasteiger partial charge on any atom is -0.348 e. The third-order valence-electron chi connectivity index (χ3n) is 2.89. The van der Waals surface area contributed by atoms with Crippen molar-refractivity contribution in [2.24, 2.45) is 11.1 Å². The van der Waals surface area contributed by atoms with Gasteiger partial charge in [-0.15, -0.1) is 0 Å². The molecule has 1 aromatic carbocycles. The molecule has 3 nitrogen and oxygen atoms in total. The van der Waals surface area contributed by atoms with Crippen molar-refractivity contribution in [2.75, 3.05) is 6.54 Å². The fraction of sp³-hybridized carbons (Fsp3) is 0.500. The Balaban J connectivity index is 2.88. The second-order valence-electron chi connectivity index (χ2n) is 5.65. The highest BCUT2D eigenvalue weighted by atomic mass is 79.9. The topological polar surface area (TPSA) is 55.1 Å². The van der Waals surface area contributed by atoms with Crippen LogP contribution in [0.4, 0.5) is 0 Å². The van der Waals surface area contributed by atoms with Crippen LogP contribution in [0.15, 0.2) is 22.7 Å². The zero-order valence-electron chi connectivity index (χ0n) is 11.4. The summed E-state index contributed by atoms with van der Waals surface area (Å²) in [5.41, 5.74) is 7.38. The average Bonchev–Trinajstić information content (AvgIpc) is 2.22. The molecular formula is C14H21BrN2O. The van der Waals surface area contributed by atoms with Gasteiger partial charge < -0.3 is 11.1 Å². The maximum Gasteiger partial charge on any atom is 0.251 e. The molecule has 0 aliphatic rings. The van der Waals surface area contributed by atoms with Crippen LogP contribution >= 0.6 is 15.9 Å². The normalized spacial score (nSPS) is 13.2. The Labute approximate surface area is 117 Å². The van der Waals surface area contributed by atoms with Gasteiger partial charge in [-0.05, 0) is 36.1 Å². The van der Waals surface area contributed by atoms with Crippen molar-refractivity contribution in [3.05, 3.63) is 33.8 Å². The minimum absolute atomic E-state index is 0.0377. The predicted octanol–water partition coefficient (Wildman–Crippen LogP) is 2.86. The molecule has 1 atom stereocenters. The lowest BCUT2D eigenvalue weighted by atomic mass is 9.86. The van der Waals surface area contributed by atoms with Crippen LogP contribution in [0.25, 0.3) is 0 Å². The Kier molecular flexibility index (Phi) is 4.93. The number of carbonyl (C=O) groups excluding carboxylic acids is 1. The summed E-state index contributed by atoms with van der Waals surface area (Å²) in [5.74, 6) is -0.0789. The second-order valence-corrected chi connectivity index (χ2v) is 6.56. The number of benzene rings is 1. The molecule has 0 spiro atoms. The third kappa shape index (κ3) is 4.10. The summed E-state index contributed by atoms with van der Waals surface area (Å²) < 4.78 is 0.910. The summed E-state index contributed by atoms with van der Waals surface area (Å²) in [5, 5.41) is 2.99. The van der Waals surface area contributed by atoms with Crippen LogP contribution in [-0.2, 0) is 0 Å². The summed E-state index contributed by atoms with van der Waals surface area (Å²) in [6.07, 6.45) is 0. The van der Waals surface area contributed by atoms with E-state index in [0.717, 1.165) is 10.0 Å². The average molecular weight is 313 g/mol. The summed E-state index contributed by atoms with van der Waals surface area (Å²) in [6.45, 7) is 8.60. The Hall–Kier alpha value is -0.870. The maximum atomic E-state index is 12.2. The van der Waals surface area contributed by atoms with E-state index in [1.54, 1.807) is 0 Å². The van der Waals surface area contributed by atoms with Gasteiger partial charge in [0.05, 0.1) is 0 Å². The second kappa shape index (κ2) is 5.85. The number of nitrogens with two attached hydrogens (primary N) is 1. The first-order valence-corrected chi connectivity index (χ1v) is 6.81. The molecule has 0 aliphatic heterocycles. The molecule has 0 aliphatic carbocycles. The van der Waals surface area contributed by atoms with E-state index in [1.807, 2.05) is 25.1 Å². The number of rotatable bonds is 3. The van der Waals surface area contributed by atoms with Gasteiger partial charge in [-0.3, -0.25) is 4.79 Å². The summed E-state index contributed by atoms with van der Waals surface area (Å²) in [7, 11) is 0. The zero-order chi connectivity index (χ0) is 13.9. The van der Waals surface area contributed by atoms with Gasteiger partial charge >= 0.3 is 0 Å². The monoisotopic (exact) mass is 312 g/mol. The van der Waals surface area contributed by atoms with Gasteiger partial charge in [-0.25, -0.2) is 0 Å². The molecule has 1 rings (SSSR count). The molecule has 4 heteroatoms. The highest BCUT2D eigenvalue weighted by Gasteiger charge is 2.25. The lowest BCUT2D eigenvalue weighted by Crippen LogP contribution is -2.48. The summed E-state index contributed by atoms with van der Waals surface area (Å²) >= 11 is 3.40. The standard InChI is InChI=1S/C14H21BrN2O/c1-9-5-10(7-11(15)6-9)13(18)17-12(8-16)14(2,3)4/h5-7,12H,8,16H2,1-4H3,(H,17,18). The van der Waals surface area contributed by atoms with E-state index >= 15 is 0 Å². The highest BCUT2D eigenvalue weighted by molar-refractivity contribution is 9.10. The number of aryl methyl sites for hydroxylation is 1. The summed E-state index contributed by atoms with van der Waals surface area (Å²) in [6, 6.07) is 5.62. The molecule has 1 amide bonds. The minimum atomic E-state index is -0.0789. The molecule has 100 valence electrons. The Bertz CT molecular complexity index is 418. The zero-order valence-corrected chi connectivity index (χ0v) is 13.0. The van der Waals surface area contributed by atoms with Crippen molar-refractivity contribution >= 4 is 21.8 Å². The first-order valence-electron chi connectivity index (χ1n) is 6.02. The maximum absolute atomic E-state index is 12.2. The van der Waals surface area contributed by atoms with Crippen molar-refractivity contribution < 1.29 is 4.79 Å². The van der Waals surface area contributed by atoms with E-state index in [1.165, 1.54) is 0 Å². The summed E-state index contributed by atoms with van der Waals surface area (Å²) in [4.78, 5) is 12.2. The molecular weight excluding hydrogens is 292 g/mol. The van der Waals surface area contributed by atoms with Crippen LogP contribution in [0.5, 0.6) is 0 Å². The predicted molar refractivity (Wildman–Crippen MR) is 78.6 cm³/mol. The van der Waals surface area contributed by atoms with Crippen molar-refractivity contribution in [1.82, 2.24) is 5.32 Å². The van der Waals surface area contributed by atoms with Gasteiger partial charge in [0.1, 0.15) is 0 Å². The number of amides is 1. The van der Waals surface area contributed by atoms with Crippen LogP contribution in [-0.4, -0.2) is 18.5 Å². The first-order chi connectivity index (χ1) is 8.24. The number of hydrogen-bond acceptors (Lipinski definition) is 2. The quantitative estimate of drug-likeness (QED) is 0.901. The first kappa shape index (κ1) is 15.2. The van der Waals surface area contributed by atoms with Crippen LogP contribution < -0.4 is 11.1 Å². The van der Waals surface area contributed by atoms with Gasteiger partial charge in [-0.1, -0.05) is 36.7 Å². The molecule has 0 bridgehead atoms. The van der Waals surface area contributed by atoms with Crippen molar-refractivity contribution in [3.63, 3.8) is 0 Å². The molecule has 18 heavy (non-hydrogen) atoms. The van der Waals surface area contributed by atoms with Gasteiger partial charge in [-0.2, -0.15) is 0 Å². The van der Waals surface area contributed by atoms with Crippen LogP contribution in [0, 0.1) is 12.3 Å². The van der Waals surface area contributed by atoms with E-state index in [4.69, 9.17) is 5.73 Å². The Morgan fingerprint density at radius 2 is 2.00 bits per heavy atom. The van der Waals surface area contributed by atoms with E-state index in [0.29, 0.717) is 12.1 Å². The highest BCUT2D eigenvalue weighted by Crippen LogP contribution is 2.20. The molecule has 0 saturated heterocycles. The molecule has 0 aromatic heterocycles. The van der Waals surface area contributed by atoms with Crippen molar-refractivity contribution in [3.8, 4) is 0 Å². The molecule has 0 fully saturated rings. The van der Waals surface area contributed by atoms with Gasteiger partial charge in [0.25, 0.3) is 5.91 Å². The van der Waals surface area contributed by atoms with Gasteiger partial charge in [0, 0.05) is 22.6 Å². The number of nitrogens with one attached hydrogen (secondary N) is 1. The lowest BCUT2D eigenvalue weighted by molar-refractivity contribution is 0.0905. The fourth-order valence-electron chi connectivity index (χ4n) is 1.74. The van der Waals surface area contributed by atoms with E-state index in [-0.39, 0.29) is 17.4 Å². The van der Waals surface area contributed by atoms with Gasteiger partial charge in [0.2, 0.25) is 0 Å². The van der Waals surface area contributed by atoms with Crippen LogP contribution in [0.3, 0.4) is 0 Å². The molecule has 0 saturated carbocycles. The number of hydrogen-bond donors (Lipinski definition) is 2. The van der Waals surface area contributed by atoms with E-state index < -0.39 is 0 Å². The van der Waals surface area contributed by atoms with Crippen LogP contribution in [0.1, 0.15) is 36.7 Å². The number of halogens is 1.